The first-order chi connectivity index (χ1) is 5.49. The van der Waals surface area contributed by atoms with Gasteiger partial charge in [0.2, 0.25) is 5.91 Å². The Morgan fingerprint density at radius 2 is 1.75 bits per heavy atom. The van der Waals surface area contributed by atoms with E-state index in [0.717, 1.165) is 0 Å². The zero-order chi connectivity index (χ0) is 9.72. The maximum absolute atomic E-state index is 11.1. The molecule has 0 aromatic heterocycles. The molecule has 3 nitrogen and oxygen atoms in total. The summed E-state index contributed by atoms with van der Waals surface area (Å²) in [7, 11) is 0. The Kier molecular flexibility index (Phi) is 4.55. The Hall–Kier alpha value is -0.860. The van der Waals surface area contributed by atoms with Crippen LogP contribution in [0.1, 0.15) is 34.1 Å². The second kappa shape index (κ2) is 4.91. The first-order valence-corrected chi connectivity index (χ1v) is 4.32. The van der Waals surface area contributed by atoms with Gasteiger partial charge in [0, 0.05) is 12.3 Å². The van der Waals surface area contributed by atoms with Crippen molar-refractivity contribution in [2.75, 3.05) is 0 Å². The van der Waals surface area contributed by atoms with E-state index in [1.54, 1.807) is 27.7 Å². The van der Waals surface area contributed by atoms with Crippen molar-refractivity contribution in [2.45, 2.75) is 40.2 Å². The van der Waals surface area contributed by atoms with Crippen LogP contribution in [0, 0.1) is 5.92 Å². The Morgan fingerprint density at radius 1 is 1.25 bits per heavy atom. The van der Waals surface area contributed by atoms with Crippen molar-refractivity contribution in [3.8, 4) is 0 Å². The van der Waals surface area contributed by atoms with Crippen molar-refractivity contribution in [1.82, 2.24) is 5.32 Å². The highest BCUT2D eigenvalue weighted by atomic mass is 16.2. The van der Waals surface area contributed by atoms with Crippen LogP contribution in [0.25, 0.3) is 0 Å². The molecular formula is C9H17NO2. The van der Waals surface area contributed by atoms with Gasteiger partial charge in [0.05, 0.1) is 6.04 Å². The minimum absolute atomic E-state index is 0.0582. The van der Waals surface area contributed by atoms with Crippen LogP contribution in [-0.4, -0.2) is 17.7 Å². The average molecular weight is 171 g/mol. The zero-order valence-electron chi connectivity index (χ0n) is 8.18. The molecule has 0 saturated heterocycles. The Balaban J connectivity index is 3.92. The molecule has 0 heterocycles. The summed E-state index contributed by atoms with van der Waals surface area (Å²) >= 11 is 0. The van der Waals surface area contributed by atoms with E-state index in [0.29, 0.717) is 6.42 Å². The first kappa shape index (κ1) is 11.1. The predicted molar refractivity (Wildman–Crippen MR) is 47.7 cm³/mol. The summed E-state index contributed by atoms with van der Waals surface area (Å²) in [4.78, 5) is 22.2. The maximum atomic E-state index is 11.1. The van der Waals surface area contributed by atoms with Crippen molar-refractivity contribution in [3.05, 3.63) is 0 Å². The molecule has 0 aliphatic rings. The van der Waals surface area contributed by atoms with Gasteiger partial charge in [-0.1, -0.05) is 20.8 Å². The molecule has 1 amide bonds. The molecule has 0 aromatic rings. The number of amides is 1. The predicted octanol–water partition coefficient (Wildman–Crippen LogP) is 1.13. The van der Waals surface area contributed by atoms with E-state index in [-0.39, 0.29) is 23.7 Å². The first-order valence-electron chi connectivity index (χ1n) is 4.32. The molecule has 1 unspecified atom stereocenters. The molecule has 3 heteroatoms. The molecule has 0 saturated carbocycles. The van der Waals surface area contributed by atoms with Gasteiger partial charge in [-0.05, 0) is 6.92 Å². The normalized spacial score (nSPS) is 12.8. The van der Waals surface area contributed by atoms with Gasteiger partial charge < -0.3 is 5.32 Å². The Bertz CT molecular complexity index is 175. The molecule has 0 radical (unpaired) electrons. The molecular weight excluding hydrogens is 154 g/mol. The van der Waals surface area contributed by atoms with Crippen LogP contribution in [0.3, 0.4) is 0 Å². The van der Waals surface area contributed by atoms with Crippen molar-refractivity contribution in [3.63, 3.8) is 0 Å². The zero-order valence-corrected chi connectivity index (χ0v) is 8.18. The highest BCUT2D eigenvalue weighted by molar-refractivity contribution is 5.88. The smallest absolute Gasteiger partial charge is 0.223 e. The topological polar surface area (TPSA) is 46.2 Å². The summed E-state index contributed by atoms with van der Waals surface area (Å²) in [5.74, 6) is -0.0505. The molecule has 70 valence electrons. The van der Waals surface area contributed by atoms with Crippen molar-refractivity contribution in [2.24, 2.45) is 5.92 Å². The molecule has 0 aliphatic heterocycles. The lowest BCUT2D eigenvalue weighted by atomic mass is 10.1. The highest BCUT2D eigenvalue weighted by Crippen LogP contribution is 1.95. The molecule has 1 atom stereocenters. The lowest BCUT2D eigenvalue weighted by Crippen LogP contribution is -2.40. The largest absolute Gasteiger partial charge is 0.346 e. The molecule has 0 fully saturated rings. The van der Waals surface area contributed by atoms with Gasteiger partial charge in [0.1, 0.15) is 0 Å². The molecule has 0 aromatic carbocycles. The SMILES string of the molecule is CCC(=O)C(C)NC(=O)C(C)C. The second-order valence-electron chi connectivity index (χ2n) is 3.20. The molecule has 12 heavy (non-hydrogen) atoms. The van der Waals surface area contributed by atoms with Crippen molar-refractivity contribution >= 4 is 11.7 Å². The standard InChI is InChI=1S/C9H17NO2/c1-5-8(11)7(4)10-9(12)6(2)3/h6-7H,5H2,1-4H3,(H,10,12). The van der Waals surface area contributed by atoms with E-state index >= 15 is 0 Å². The number of carbonyl (C=O) groups excluding carboxylic acids is 2. The Morgan fingerprint density at radius 3 is 2.08 bits per heavy atom. The summed E-state index contributed by atoms with van der Waals surface area (Å²) in [6.45, 7) is 7.11. The number of rotatable bonds is 4. The quantitative estimate of drug-likeness (QED) is 0.689. The fourth-order valence-corrected chi connectivity index (χ4v) is 0.767. The van der Waals surface area contributed by atoms with Gasteiger partial charge in [-0.25, -0.2) is 0 Å². The minimum atomic E-state index is -0.343. The molecule has 0 aliphatic carbocycles. The van der Waals surface area contributed by atoms with Gasteiger partial charge in [-0.3, -0.25) is 9.59 Å². The van der Waals surface area contributed by atoms with E-state index in [2.05, 4.69) is 5.32 Å². The van der Waals surface area contributed by atoms with E-state index in [1.807, 2.05) is 0 Å². The average Bonchev–Trinajstić information content (AvgIpc) is 2.02. The van der Waals surface area contributed by atoms with Crippen LogP contribution in [0.2, 0.25) is 0 Å². The Labute approximate surface area is 73.5 Å². The van der Waals surface area contributed by atoms with E-state index < -0.39 is 0 Å². The van der Waals surface area contributed by atoms with Gasteiger partial charge in [-0.2, -0.15) is 0 Å². The molecule has 0 bridgehead atoms. The fourth-order valence-electron chi connectivity index (χ4n) is 0.767. The number of ketones is 1. The van der Waals surface area contributed by atoms with Gasteiger partial charge in [0.25, 0.3) is 0 Å². The van der Waals surface area contributed by atoms with Crippen LogP contribution >= 0.6 is 0 Å². The van der Waals surface area contributed by atoms with Gasteiger partial charge >= 0.3 is 0 Å². The number of Topliss-reactive ketones (excluding diaryl/α,β-unsaturated/α-hetero) is 1. The van der Waals surface area contributed by atoms with Crippen molar-refractivity contribution in [1.29, 1.82) is 0 Å². The van der Waals surface area contributed by atoms with Crippen LogP contribution < -0.4 is 5.32 Å². The summed E-state index contributed by atoms with van der Waals surface area (Å²) in [6.07, 6.45) is 0.472. The maximum Gasteiger partial charge on any atom is 0.223 e. The van der Waals surface area contributed by atoms with Crippen LogP contribution in [0.15, 0.2) is 0 Å². The van der Waals surface area contributed by atoms with Crippen LogP contribution in [-0.2, 0) is 9.59 Å². The summed E-state index contributed by atoms with van der Waals surface area (Å²) in [6, 6.07) is -0.343. The van der Waals surface area contributed by atoms with Gasteiger partial charge in [-0.15, -0.1) is 0 Å². The van der Waals surface area contributed by atoms with Gasteiger partial charge in [0.15, 0.2) is 5.78 Å². The number of hydrogen-bond donors (Lipinski definition) is 1. The second-order valence-corrected chi connectivity index (χ2v) is 3.20. The number of nitrogens with one attached hydrogen (secondary N) is 1. The highest BCUT2D eigenvalue weighted by Gasteiger charge is 2.14. The lowest BCUT2D eigenvalue weighted by Gasteiger charge is -2.13. The number of hydrogen-bond acceptors (Lipinski definition) is 2. The lowest BCUT2D eigenvalue weighted by molar-refractivity contribution is -0.129. The summed E-state index contributed by atoms with van der Waals surface area (Å²) < 4.78 is 0. The van der Waals surface area contributed by atoms with E-state index in [1.165, 1.54) is 0 Å². The molecule has 0 rings (SSSR count). The van der Waals surface area contributed by atoms with E-state index in [9.17, 15) is 9.59 Å². The third-order valence-electron chi connectivity index (χ3n) is 1.71. The minimum Gasteiger partial charge on any atom is -0.346 e. The fraction of sp³-hybridized carbons (Fsp3) is 0.778. The van der Waals surface area contributed by atoms with E-state index in [4.69, 9.17) is 0 Å². The third kappa shape index (κ3) is 3.51. The van der Waals surface area contributed by atoms with Crippen LogP contribution in [0.5, 0.6) is 0 Å². The summed E-state index contributed by atoms with van der Waals surface area (Å²) in [5.41, 5.74) is 0. The third-order valence-corrected chi connectivity index (χ3v) is 1.71. The van der Waals surface area contributed by atoms with Crippen LogP contribution in [0.4, 0.5) is 0 Å². The van der Waals surface area contributed by atoms with Crippen molar-refractivity contribution < 1.29 is 9.59 Å². The summed E-state index contributed by atoms with van der Waals surface area (Å²) in [5, 5.41) is 2.64. The molecule has 1 N–H and O–H groups in total. The number of carbonyl (C=O) groups is 2. The molecule has 0 spiro atoms. The monoisotopic (exact) mass is 171 g/mol.